The highest BCUT2D eigenvalue weighted by Crippen LogP contribution is 2.20. The van der Waals surface area contributed by atoms with Gasteiger partial charge in [-0.2, -0.15) is 4.39 Å². The summed E-state index contributed by atoms with van der Waals surface area (Å²) >= 11 is 0. The third kappa shape index (κ3) is 2.64. The van der Waals surface area contributed by atoms with Crippen LogP contribution in [0.15, 0.2) is 36.5 Å². The van der Waals surface area contributed by atoms with Crippen LogP contribution < -0.4 is 5.32 Å². The van der Waals surface area contributed by atoms with Gasteiger partial charge in [-0.05, 0) is 30.7 Å². The molecule has 0 radical (unpaired) electrons. The van der Waals surface area contributed by atoms with E-state index in [9.17, 15) is 14.0 Å². The predicted molar refractivity (Wildman–Crippen MR) is 70.3 cm³/mol. The lowest BCUT2D eigenvalue weighted by Crippen LogP contribution is -2.17. The fourth-order valence-corrected chi connectivity index (χ4v) is 1.80. The number of anilines is 1. The molecule has 0 bridgehead atoms. The van der Waals surface area contributed by atoms with Crippen LogP contribution in [-0.2, 0) is 0 Å². The molecule has 0 aliphatic carbocycles. The molecule has 6 heteroatoms. The second-order valence-corrected chi connectivity index (χ2v) is 4.10. The Bertz CT molecular complexity index is 686. The highest BCUT2D eigenvalue weighted by Gasteiger charge is 2.17. The second-order valence-electron chi connectivity index (χ2n) is 4.10. The third-order valence-corrected chi connectivity index (χ3v) is 2.74. The van der Waals surface area contributed by atoms with Gasteiger partial charge in [-0.25, -0.2) is 9.78 Å². The lowest BCUT2D eigenvalue weighted by molar-refractivity contribution is 0.0697. The molecule has 102 valence electrons. The molecule has 1 heterocycles. The summed E-state index contributed by atoms with van der Waals surface area (Å²) in [5, 5.41) is 11.5. The average molecular weight is 274 g/mol. The largest absolute Gasteiger partial charge is 0.478 e. The number of hydrogen-bond donors (Lipinski definition) is 2. The number of aromatic nitrogens is 1. The number of pyridine rings is 1. The second kappa shape index (κ2) is 5.48. The van der Waals surface area contributed by atoms with Crippen molar-refractivity contribution < 1.29 is 19.1 Å². The number of hydrogen-bond acceptors (Lipinski definition) is 3. The fraction of sp³-hybridized carbons (Fsp3) is 0.0714. The van der Waals surface area contributed by atoms with Crippen LogP contribution in [0.4, 0.5) is 10.1 Å². The van der Waals surface area contributed by atoms with Crippen LogP contribution in [0.1, 0.15) is 26.3 Å². The molecule has 0 fully saturated rings. The number of carbonyl (C=O) groups excluding carboxylic acids is 1. The number of rotatable bonds is 3. The highest BCUT2D eigenvalue weighted by atomic mass is 19.1. The molecule has 1 aromatic heterocycles. The van der Waals surface area contributed by atoms with Crippen LogP contribution in [0, 0.1) is 12.9 Å². The molecule has 2 aromatic rings. The van der Waals surface area contributed by atoms with Gasteiger partial charge in [0, 0.05) is 6.20 Å². The molecule has 1 amide bonds. The summed E-state index contributed by atoms with van der Waals surface area (Å²) in [5.41, 5.74) is 0.350. The van der Waals surface area contributed by atoms with Crippen molar-refractivity contribution in [2.45, 2.75) is 6.92 Å². The summed E-state index contributed by atoms with van der Waals surface area (Å²) in [7, 11) is 0. The summed E-state index contributed by atoms with van der Waals surface area (Å²) in [6, 6.07) is 7.36. The number of halogens is 1. The van der Waals surface area contributed by atoms with Gasteiger partial charge in [-0.15, -0.1) is 0 Å². The Hall–Kier alpha value is -2.76. The van der Waals surface area contributed by atoms with Crippen molar-refractivity contribution in [3.8, 4) is 0 Å². The summed E-state index contributed by atoms with van der Waals surface area (Å²) in [6.45, 7) is 1.61. The SMILES string of the molecule is Cc1cccc(NC(=O)c2cccnc2F)c1C(=O)O. The van der Waals surface area contributed by atoms with Crippen LogP contribution in [0.25, 0.3) is 0 Å². The lowest BCUT2D eigenvalue weighted by Gasteiger charge is -2.10. The van der Waals surface area contributed by atoms with Crippen LogP contribution in [0.5, 0.6) is 0 Å². The van der Waals surface area contributed by atoms with E-state index in [0.717, 1.165) is 0 Å². The van der Waals surface area contributed by atoms with E-state index in [1.54, 1.807) is 19.1 Å². The van der Waals surface area contributed by atoms with Gasteiger partial charge in [-0.3, -0.25) is 4.79 Å². The number of aromatic carboxylic acids is 1. The Morgan fingerprint density at radius 1 is 1.25 bits per heavy atom. The van der Waals surface area contributed by atoms with E-state index < -0.39 is 17.8 Å². The van der Waals surface area contributed by atoms with Crippen LogP contribution >= 0.6 is 0 Å². The molecular weight excluding hydrogens is 263 g/mol. The minimum atomic E-state index is -1.16. The van der Waals surface area contributed by atoms with E-state index in [0.29, 0.717) is 5.56 Å². The summed E-state index contributed by atoms with van der Waals surface area (Å²) in [5.74, 6) is -2.82. The standard InChI is InChI=1S/C14H11FN2O3/c1-8-4-2-6-10(11(8)14(19)20)17-13(18)9-5-3-7-16-12(9)15/h2-7H,1H3,(H,17,18)(H,19,20). The van der Waals surface area contributed by atoms with Crippen molar-refractivity contribution in [3.63, 3.8) is 0 Å². The number of benzene rings is 1. The maximum Gasteiger partial charge on any atom is 0.338 e. The van der Waals surface area contributed by atoms with Crippen molar-refractivity contribution in [1.82, 2.24) is 4.98 Å². The van der Waals surface area contributed by atoms with E-state index in [1.807, 2.05) is 0 Å². The van der Waals surface area contributed by atoms with Gasteiger partial charge in [0.05, 0.1) is 16.8 Å². The Morgan fingerprint density at radius 3 is 2.65 bits per heavy atom. The number of carboxylic acids is 1. The van der Waals surface area contributed by atoms with Gasteiger partial charge < -0.3 is 10.4 Å². The number of carbonyl (C=O) groups is 2. The Balaban J connectivity index is 2.36. The topological polar surface area (TPSA) is 79.3 Å². The molecule has 5 nitrogen and oxygen atoms in total. The first-order valence-corrected chi connectivity index (χ1v) is 5.75. The Morgan fingerprint density at radius 2 is 2.00 bits per heavy atom. The van der Waals surface area contributed by atoms with Crippen molar-refractivity contribution in [2.24, 2.45) is 0 Å². The average Bonchev–Trinajstić information content (AvgIpc) is 2.38. The minimum absolute atomic E-state index is 0.0230. The summed E-state index contributed by atoms with van der Waals surface area (Å²) in [4.78, 5) is 26.5. The Kier molecular flexibility index (Phi) is 3.74. The molecule has 2 rings (SSSR count). The van der Waals surface area contributed by atoms with E-state index in [1.165, 1.54) is 24.4 Å². The van der Waals surface area contributed by atoms with Crippen molar-refractivity contribution >= 4 is 17.6 Å². The minimum Gasteiger partial charge on any atom is -0.478 e. The van der Waals surface area contributed by atoms with Gasteiger partial charge in [-0.1, -0.05) is 12.1 Å². The maximum atomic E-state index is 13.4. The number of carboxylic acid groups (broad SMARTS) is 1. The molecule has 0 atom stereocenters. The zero-order valence-electron chi connectivity index (χ0n) is 10.6. The molecular formula is C14H11FN2O3. The van der Waals surface area contributed by atoms with Crippen molar-refractivity contribution in [3.05, 3.63) is 59.2 Å². The van der Waals surface area contributed by atoms with Gasteiger partial charge >= 0.3 is 5.97 Å². The first kappa shape index (κ1) is 13.7. The van der Waals surface area contributed by atoms with Crippen LogP contribution in [0.3, 0.4) is 0 Å². The normalized spacial score (nSPS) is 10.1. The molecule has 0 spiro atoms. The molecule has 1 aromatic carbocycles. The first-order chi connectivity index (χ1) is 9.50. The molecule has 0 saturated heterocycles. The summed E-state index contributed by atoms with van der Waals surface area (Å²) < 4.78 is 13.4. The van der Waals surface area contributed by atoms with Gasteiger partial charge in [0.25, 0.3) is 5.91 Å². The molecule has 0 aliphatic heterocycles. The van der Waals surface area contributed by atoms with E-state index in [4.69, 9.17) is 5.11 Å². The molecule has 0 aliphatic rings. The van der Waals surface area contributed by atoms with Gasteiger partial charge in [0.15, 0.2) is 0 Å². The number of nitrogens with zero attached hydrogens (tertiary/aromatic N) is 1. The van der Waals surface area contributed by atoms with E-state index >= 15 is 0 Å². The quantitative estimate of drug-likeness (QED) is 0.843. The molecule has 0 saturated carbocycles. The number of amides is 1. The van der Waals surface area contributed by atoms with Crippen LogP contribution in [0.2, 0.25) is 0 Å². The number of nitrogens with one attached hydrogen (secondary N) is 1. The highest BCUT2D eigenvalue weighted by molar-refractivity contribution is 6.08. The predicted octanol–water partition coefficient (Wildman–Crippen LogP) is 2.48. The van der Waals surface area contributed by atoms with Crippen molar-refractivity contribution in [1.29, 1.82) is 0 Å². The number of aryl methyl sites for hydroxylation is 1. The van der Waals surface area contributed by atoms with Gasteiger partial charge in [0.1, 0.15) is 0 Å². The van der Waals surface area contributed by atoms with Crippen molar-refractivity contribution in [2.75, 3.05) is 5.32 Å². The lowest BCUT2D eigenvalue weighted by atomic mass is 10.1. The molecule has 2 N–H and O–H groups in total. The van der Waals surface area contributed by atoms with E-state index in [2.05, 4.69) is 10.3 Å². The van der Waals surface area contributed by atoms with E-state index in [-0.39, 0.29) is 16.8 Å². The Labute approximate surface area is 114 Å². The molecule has 20 heavy (non-hydrogen) atoms. The van der Waals surface area contributed by atoms with Gasteiger partial charge in [0.2, 0.25) is 5.95 Å². The zero-order valence-corrected chi connectivity index (χ0v) is 10.6. The first-order valence-electron chi connectivity index (χ1n) is 5.75. The van der Waals surface area contributed by atoms with Crippen LogP contribution in [-0.4, -0.2) is 22.0 Å². The molecule has 0 unspecified atom stereocenters. The zero-order chi connectivity index (χ0) is 14.7. The summed E-state index contributed by atoms with van der Waals surface area (Å²) in [6.07, 6.45) is 1.22. The third-order valence-electron chi connectivity index (χ3n) is 2.74. The monoisotopic (exact) mass is 274 g/mol. The fourth-order valence-electron chi connectivity index (χ4n) is 1.80. The smallest absolute Gasteiger partial charge is 0.338 e. The maximum absolute atomic E-state index is 13.4.